The molecule has 1 aliphatic heterocycles. The number of carbonyl (C=O) groups is 9. The molecule has 9 N–H and O–H groups in total. The van der Waals surface area contributed by atoms with Crippen LogP contribution in [0.25, 0.3) is 0 Å². The molecule has 0 bridgehead atoms. The first-order chi connectivity index (χ1) is 35.7. The van der Waals surface area contributed by atoms with E-state index in [1.165, 1.54) is 45.1 Å². The highest BCUT2D eigenvalue weighted by atomic mass is 16.5. The molecular formula is C54H92N10O12. The van der Waals surface area contributed by atoms with E-state index in [0.717, 1.165) is 5.56 Å². The second kappa shape index (κ2) is 32.0. The number of rotatable bonds is 31. The van der Waals surface area contributed by atoms with Crippen LogP contribution in [-0.2, 0) is 59.0 Å². The van der Waals surface area contributed by atoms with E-state index < -0.39 is 126 Å². The zero-order valence-corrected chi connectivity index (χ0v) is 47.8. The molecule has 2 rings (SSSR count). The fourth-order valence-corrected chi connectivity index (χ4v) is 9.87. The molecule has 9 amide bonds. The number of likely N-dealkylation sites (tertiary alicyclic amines) is 1. The van der Waals surface area contributed by atoms with Crippen molar-refractivity contribution in [2.75, 3.05) is 48.5 Å². The minimum atomic E-state index is -1.16. The van der Waals surface area contributed by atoms with Gasteiger partial charge in [-0.25, -0.2) is 9.59 Å². The molecule has 0 radical (unpaired) electrons. The fourth-order valence-electron chi connectivity index (χ4n) is 9.87. The van der Waals surface area contributed by atoms with Crippen LogP contribution in [0.15, 0.2) is 30.3 Å². The van der Waals surface area contributed by atoms with E-state index in [2.05, 4.69) is 26.6 Å². The first-order valence-corrected chi connectivity index (χ1v) is 26.7. The average Bonchev–Trinajstić information content (AvgIpc) is 3.87. The fraction of sp³-hybridized carbons (Fsp3) is 0.722. The predicted molar refractivity (Wildman–Crippen MR) is 288 cm³/mol. The lowest BCUT2D eigenvalue weighted by atomic mass is 9.89. The Morgan fingerprint density at radius 2 is 1.36 bits per heavy atom. The average molecular weight is 1070 g/mol. The summed E-state index contributed by atoms with van der Waals surface area (Å²) in [5.74, 6) is -6.27. The first-order valence-electron chi connectivity index (χ1n) is 26.7. The van der Waals surface area contributed by atoms with Crippen LogP contribution in [0.4, 0.5) is 4.79 Å². The Labute approximate surface area is 450 Å². The lowest BCUT2D eigenvalue weighted by Gasteiger charge is -2.41. The molecule has 1 aromatic carbocycles. The largest absolute Gasteiger partial charge is 0.467 e. The zero-order valence-electron chi connectivity index (χ0n) is 47.8. The third kappa shape index (κ3) is 19.0. The number of carbonyl (C=O) groups excluding carboxylic acids is 9. The molecule has 0 spiro atoms. The number of hydrogen-bond acceptors (Lipinski definition) is 13. The second-order valence-electron chi connectivity index (χ2n) is 21.2. The van der Waals surface area contributed by atoms with Crippen LogP contribution in [0.2, 0.25) is 0 Å². The van der Waals surface area contributed by atoms with Crippen LogP contribution in [0.1, 0.15) is 113 Å². The molecule has 1 aromatic rings. The van der Waals surface area contributed by atoms with Crippen LogP contribution in [0.3, 0.4) is 0 Å². The number of likely N-dealkylation sites (N-methyl/N-ethyl adjacent to an activating group) is 2. The SMILES string of the molecule is CC[C@H](C)[C@@H]([C@@H](CC(=O)N1CCC[C@H]1[C@H](OC)[C@@H](C)C(=O)N[C@@H](Cc1ccccc1)C(=O)OC)OC)N(C)C(=O)[C@@H](NC(=O)[C@H](C(C)C)N(C)C(=O)[C@@H](C)NC(=O)[C@H](CCCNC(N)=O)NC(=O)[C@@H](N)C(C)C)C(C)C. The number of esters is 1. The Kier molecular flexibility index (Phi) is 27.9. The molecule has 76 heavy (non-hydrogen) atoms. The summed E-state index contributed by atoms with van der Waals surface area (Å²) in [4.78, 5) is 126. The molecule has 12 atom stereocenters. The number of hydrogen-bond donors (Lipinski definition) is 7. The van der Waals surface area contributed by atoms with Gasteiger partial charge in [-0.1, -0.05) is 99.1 Å². The third-order valence-electron chi connectivity index (χ3n) is 14.6. The maximum Gasteiger partial charge on any atom is 0.328 e. The number of nitrogens with one attached hydrogen (secondary N) is 5. The molecule has 1 saturated heterocycles. The Balaban J connectivity index is 2.31. The number of nitrogens with two attached hydrogens (primary N) is 2. The first kappa shape index (κ1) is 66.2. The van der Waals surface area contributed by atoms with Crippen LogP contribution in [0.5, 0.6) is 0 Å². The van der Waals surface area contributed by atoms with E-state index in [4.69, 9.17) is 25.7 Å². The van der Waals surface area contributed by atoms with Crippen LogP contribution in [0, 0.1) is 29.6 Å². The summed E-state index contributed by atoms with van der Waals surface area (Å²) < 4.78 is 17.0. The number of urea groups is 1. The van der Waals surface area contributed by atoms with E-state index in [1.807, 2.05) is 44.2 Å². The molecule has 0 aromatic heterocycles. The molecular weight excluding hydrogens is 981 g/mol. The van der Waals surface area contributed by atoms with Gasteiger partial charge in [-0.2, -0.15) is 0 Å². The van der Waals surface area contributed by atoms with E-state index in [-0.39, 0.29) is 50.0 Å². The smallest absolute Gasteiger partial charge is 0.328 e. The van der Waals surface area contributed by atoms with Crippen molar-refractivity contribution in [3.63, 3.8) is 0 Å². The van der Waals surface area contributed by atoms with Crippen molar-refractivity contribution in [2.24, 2.45) is 41.1 Å². The Hall–Kier alpha value is -5.87. The number of amides is 9. The maximum atomic E-state index is 14.8. The molecule has 1 fully saturated rings. The molecule has 1 aliphatic rings. The van der Waals surface area contributed by atoms with Gasteiger partial charge in [0.15, 0.2) is 0 Å². The van der Waals surface area contributed by atoms with Crippen LogP contribution < -0.4 is 38.1 Å². The monoisotopic (exact) mass is 1070 g/mol. The van der Waals surface area contributed by atoms with Crippen molar-refractivity contribution in [1.29, 1.82) is 0 Å². The van der Waals surface area contributed by atoms with Gasteiger partial charge in [0.1, 0.15) is 30.2 Å². The van der Waals surface area contributed by atoms with Crippen molar-refractivity contribution < 1.29 is 57.4 Å². The lowest BCUT2D eigenvalue weighted by molar-refractivity contribution is -0.149. The van der Waals surface area contributed by atoms with Gasteiger partial charge in [-0.3, -0.25) is 33.6 Å². The summed E-state index contributed by atoms with van der Waals surface area (Å²) in [6.45, 7) is 18.2. The minimum Gasteiger partial charge on any atom is -0.467 e. The van der Waals surface area contributed by atoms with Crippen LogP contribution in [-0.4, -0.2) is 177 Å². The second-order valence-corrected chi connectivity index (χ2v) is 21.2. The number of primary amides is 1. The zero-order chi connectivity index (χ0) is 57.7. The molecule has 22 heteroatoms. The van der Waals surface area contributed by atoms with Gasteiger partial charge >= 0.3 is 12.0 Å². The van der Waals surface area contributed by atoms with Crippen molar-refractivity contribution in [2.45, 2.75) is 175 Å². The Morgan fingerprint density at radius 1 is 0.737 bits per heavy atom. The summed E-state index contributed by atoms with van der Waals surface area (Å²) in [5.41, 5.74) is 12.1. The predicted octanol–water partition coefficient (Wildman–Crippen LogP) is 1.85. The maximum absolute atomic E-state index is 14.8. The summed E-state index contributed by atoms with van der Waals surface area (Å²) >= 11 is 0. The highest BCUT2D eigenvalue weighted by Crippen LogP contribution is 2.30. The number of methoxy groups -OCH3 is 3. The van der Waals surface area contributed by atoms with Gasteiger partial charge in [0, 0.05) is 47.8 Å². The molecule has 0 aliphatic carbocycles. The topological polar surface area (TPSA) is 303 Å². The summed E-state index contributed by atoms with van der Waals surface area (Å²) in [6.07, 6.45) is 0.760. The van der Waals surface area contributed by atoms with Crippen molar-refractivity contribution in [3.8, 4) is 0 Å². The molecule has 430 valence electrons. The summed E-state index contributed by atoms with van der Waals surface area (Å²) in [5, 5.41) is 13.5. The normalized spacial score (nSPS) is 17.9. The molecule has 0 unspecified atom stereocenters. The number of nitrogens with zero attached hydrogens (tertiary/aromatic N) is 3. The number of benzene rings is 1. The highest BCUT2D eigenvalue weighted by Gasteiger charge is 2.44. The molecule has 0 saturated carbocycles. The standard InChI is InChI=1S/C54H92N10O12/c1-16-33(8)45(40(74-13)29-41(65)64-27-21-25-39(64)46(75-14)34(9)47(66)60-38(53(72)76-15)28-36-22-18-17-19-23-36)63(12)52(71)43(31(4)5)61-50(69)44(32(6)7)62(11)51(70)35(10)58-48(67)37(24-20-26-57-54(56)73)59-49(68)42(55)30(2)3/h17-19,22-23,30-35,37-40,42-46H,16,20-21,24-29,55H2,1-15H3,(H,58,67)(H,59,68)(H,60,66)(H,61,69)(H3,56,57,73)/t33-,34+,35+,37-,38-,39-,40+,42-,43-,44-,45-,46+/m0/s1. The van der Waals surface area contributed by atoms with Gasteiger partial charge in [0.25, 0.3) is 0 Å². The van der Waals surface area contributed by atoms with Crippen LogP contribution >= 0.6 is 0 Å². The van der Waals surface area contributed by atoms with E-state index in [9.17, 15) is 43.2 Å². The van der Waals surface area contributed by atoms with Gasteiger partial charge in [0.2, 0.25) is 41.4 Å². The summed E-state index contributed by atoms with van der Waals surface area (Å²) in [7, 11) is 7.29. The minimum absolute atomic E-state index is 0.0851. The van der Waals surface area contributed by atoms with E-state index in [0.29, 0.717) is 25.8 Å². The quantitative estimate of drug-likeness (QED) is 0.0413. The Bertz CT molecular complexity index is 2080. The van der Waals surface area contributed by atoms with E-state index >= 15 is 0 Å². The van der Waals surface area contributed by atoms with Crippen molar-refractivity contribution in [3.05, 3.63) is 35.9 Å². The summed E-state index contributed by atoms with van der Waals surface area (Å²) in [6, 6.07) is 1.08. The highest BCUT2D eigenvalue weighted by molar-refractivity contribution is 5.96. The Morgan fingerprint density at radius 3 is 1.88 bits per heavy atom. The molecule has 22 nitrogen and oxygen atoms in total. The number of ether oxygens (including phenoxy) is 3. The van der Waals surface area contributed by atoms with Gasteiger partial charge in [-0.05, 0) is 61.8 Å². The third-order valence-corrected chi connectivity index (χ3v) is 14.6. The van der Waals surface area contributed by atoms with Gasteiger partial charge in [0.05, 0.1) is 49.8 Å². The van der Waals surface area contributed by atoms with Gasteiger partial charge in [-0.15, -0.1) is 0 Å². The van der Waals surface area contributed by atoms with Crippen molar-refractivity contribution >= 4 is 53.4 Å². The van der Waals surface area contributed by atoms with E-state index in [1.54, 1.807) is 60.4 Å². The lowest BCUT2D eigenvalue weighted by Crippen LogP contribution is -2.61. The van der Waals surface area contributed by atoms with Crippen molar-refractivity contribution in [1.82, 2.24) is 41.3 Å². The molecule has 1 heterocycles. The van der Waals surface area contributed by atoms with Gasteiger partial charge < -0.3 is 67.0 Å².